The van der Waals surface area contributed by atoms with Crippen LogP contribution in [0.15, 0.2) is 6.07 Å². The molecular formula is C7H3F3INO. The van der Waals surface area contributed by atoms with Gasteiger partial charge in [0.2, 0.25) is 5.95 Å². The largest absolute Gasteiger partial charge is 0.298 e. The highest BCUT2D eigenvalue weighted by atomic mass is 127. The summed E-state index contributed by atoms with van der Waals surface area (Å²) in [7, 11) is 0. The van der Waals surface area contributed by atoms with Crippen LogP contribution < -0.4 is 0 Å². The number of pyridine rings is 1. The summed E-state index contributed by atoms with van der Waals surface area (Å²) < 4.78 is 37.0. The summed E-state index contributed by atoms with van der Waals surface area (Å²) >= 11 is 1.60. The van der Waals surface area contributed by atoms with Crippen LogP contribution in [0.1, 0.15) is 22.5 Å². The van der Waals surface area contributed by atoms with E-state index in [4.69, 9.17) is 0 Å². The predicted octanol–water partition coefficient (Wildman–Crippen LogP) is 2.58. The molecule has 0 aliphatic carbocycles. The van der Waals surface area contributed by atoms with Crippen molar-refractivity contribution >= 4 is 28.9 Å². The molecule has 0 radical (unpaired) electrons. The molecule has 0 saturated carbocycles. The molecule has 0 fully saturated rings. The SMILES string of the molecule is O=Cc1c(I)cc(C(F)F)nc1F. The highest BCUT2D eigenvalue weighted by molar-refractivity contribution is 14.1. The number of aromatic nitrogens is 1. The zero-order chi connectivity index (χ0) is 10.0. The summed E-state index contributed by atoms with van der Waals surface area (Å²) in [4.78, 5) is 13.2. The molecule has 70 valence electrons. The van der Waals surface area contributed by atoms with Crippen LogP contribution in [0.4, 0.5) is 13.2 Å². The average molecular weight is 301 g/mol. The molecule has 0 N–H and O–H groups in total. The molecule has 0 amide bonds. The fourth-order valence-electron chi connectivity index (χ4n) is 0.729. The molecule has 0 aliphatic rings. The van der Waals surface area contributed by atoms with Crippen LogP contribution in [0, 0.1) is 9.52 Å². The Bertz CT molecular complexity index is 320. The summed E-state index contributed by atoms with van der Waals surface area (Å²) in [5.74, 6) is -1.16. The molecule has 1 heterocycles. The number of hydrogen-bond acceptors (Lipinski definition) is 2. The molecule has 1 rings (SSSR count). The van der Waals surface area contributed by atoms with Crippen molar-refractivity contribution in [3.05, 3.63) is 26.8 Å². The smallest absolute Gasteiger partial charge is 0.280 e. The summed E-state index contributed by atoms with van der Waals surface area (Å²) in [6, 6.07) is 0.984. The molecule has 0 saturated heterocycles. The number of carbonyl (C=O) groups is 1. The van der Waals surface area contributed by atoms with Crippen LogP contribution in [0.25, 0.3) is 0 Å². The maximum absolute atomic E-state index is 12.8. The van der Waals surface area contributed by atoms with E-state index in [1.807, 2.05) is 0 Å². The second-order valence-electron chi connectivity index (χ2n) is 2.15. The van der Waals surface area contributed by atoms with Gasteiger partial charge in [-0.15, -0.1) is 0 Å². The van der Waals surface area contributed by atoms with E-state index in [2.05, 4.69) is 4.98 Å². The molecule has 0 atom stereocenters. The van der Waals surface area contributed by atoms with Gasteiger partial charge in [-0.05, 0) is 28.7 Å². The van der Waals surface area contributed by atoms with E-state index in [0.717, 1.165) is 6.07 Å². The zero-order valence-electron chi connectivity index (χ0n) is 6.10. The van der Waals surface area contributed by atoms with Crippen molar-refractivity contribution in [3.63, 3.8) is 0 Å². The standard InChI is InChI=1S/C7H3F3INO/c8-6(9)5-1-4(11)3(2-13)7(10)12-5/h1-2,6H. The molecule has 2 nitrogen and oxygen atoms in total. The summed E-state index contributed by atoms with van der Waals surface area (Å²) in [6.07, 6.45) is -2.58. The number of alkyl halides is 2. The van der Waals surface area contributed by atoms with Gasteiger partial charge in [-0.1, -0.05) is 0 Å². The average Bonchev–Trinajstić information content (AvgIpc) is 2.03. The van der Waals surface area contributed by atoms with Crippen LogP contribution in [-0.4, -0.2) is 11.3 Å². The number of carbonyl (C=O) groups excluding carboxylic acids is 1. The number of aldehydes is 1. The van der Waals surface area contributed by atoms with Crippen molar-refractivity contribution in [2.75, 3.05) is 0 Å². The van der Waals surface area contributed by atoms with E-state index in [0.29, 0.717) is 0 Å². The molecular weight excluding hydrogens is 298 g/mol. The number of halogens is 4. The van der Waals surface area contributed by atoms with Crippen LogP contribution in [0.3, 0.4) is 0 Å². The monoisotopic (exact) mass is 301 g/mol. The highest BCUT2D eigenvalue weighted by Gasteiger charge is 2.15. The minimum absolute atomic E-state index is 0.135. The second kappa shape index (κ2) is 4.03. The van der Waals surface area contributed by atoms with Crippen LogP contribution in [0.5, 0.6) is 0 Å². The lowest BCUT2D eigenvalue weighted by Gasteiger charge is -2.02. The van der Waals surface area contributed by atoms with E-state index >= 15 is 0 Å². The van der Waals surface area contributed by atoms with E-state index in [9.17, 15) is 18.0 Å². The van der Waals surface area contributed by atoms with Gasteiger partial charge in [0, 0.05) is 3.57 Å². The maximum Gasteiger partial charge on any atom is 0.280 e. The minimum Gasteiger partial charge on any atom is -0.298 e. The first-order chi connectivity index (χ1) is 6.06. The highest BCUT2D eigenvalue weighted by Crippen LogP contribution is 2.21. The molecule has 6 heteroatoms. The van der Waals surface area contributed by atoms with Gasteiger partial charge in [-0.2, -0.15) is 4.39 Å². The lowest BCUT2D eigenvalue weighted by Crippen LogP contribution is -2.01. The Morgan fingerprint density at radius 1 is 1.54 bits per heavy atom. The van der Waals surface area contributed by atoms with E-state index in [1.165, 1.54) is 0 Å². The third-order valence-electron chi connectivity index (χ3n) is 1.32. The molecule has 0 unspecified atom stereocenters. The summed E-state index contributed by atoms with van der Waals surface area (Å²) in [5, 5.41) is 0. The first kappa shape index (κ1) is 10.4. The Morgan fingerprint density at radius 3 is 2.54 bits per heavy atom. The Balaban J connectivity index is 3.28. The molecule has 1 aromatic heterocycles. The van der Waals surface area contributed by atoms with Crippen molar-refractivity contribution in [1.82, 2.24) is 4.98 Å². The van der Waals surface area contributed by atoms with Gasteiger partial charge < -0.3 is 0 Å². The van der Waals surface area contributed by atoms with Gasteiger partial charge in [-0.25, -0.2) is 13.8 Å². The van der Waals surface area contributed by atoms with Crippen LogP contribution >= 0.6 is 22.6 Å². The summed E-state index contributed by atoms with van der Waals surface area (Å²) in [6.45, 7) is 0. The minimum atomic E-state index is -2.83. The van der Waals surface area contributed by atoms with E-state index in [-0.39, 0.29) is 15.4 Å². The Labute approximate surface area is 85.3 Å². The number of rotatable bonds is 2. The Kier molecular flexibility index (Phi) is 3.23. The van der Waals surface area contributed by atoms with Crippen molar-refractivity contribution in [1.29, 1.82) is 0 Å². The summed E-state index contributed by atoms with van der Waals surface area (Å²) in [5.41, 5.74) is -0.947. The second-order valence-corrected chi connectivity index (χ2v) is 3.31. The van der Waals surface area contributed by atoms with E-state index in [1.54, 1.807) is 22.6 Å². The molecule has 0 aromatic carbocycles. The van der Waals surface area contributed by atoms with Gasteiger partial charge in [-0.3, -0.25) is 4.79 Å². The zero-order valence-corrected chi connectivity index (χ0v) is 8.26. The Hall–Kier alpha value is -0.660. The number of nitrogens with zero attached hydrogens (tertiary/aromatic N) is 1. The Morgan fingerprint density at radius 2 is 2.15 bits per heavy atom. The van der Waals surface area contributed by atoms with E-state index < -0.39 is 18.1 Å². The van der Waals surface area contributed by atoms with Gasteiger partial charge >= 0.3 is 0 Å². The molecule has 13 heavy (non-hydrogen) atoms. The van der Waals surface area contributed by atoms with Crippen LogP contribution in [0.2, 0.25) is 0 Å². The first-order valence-electron chi connectivity index (χ1n) is 3.15. The topological polar surface area (TPSA) is 30.0 Å². The third-order valence-corrected chi connectivity index (χ3v) is 2.22. The van der Waals surface area contributed by atoms with Gasteiger partial charge in [0.25, 0.3) is 6.43 Å². The fraction of sp³-hybridized carbons (Fsp3) is 0.143. The van der Waals surface area contributed by atoms with Gasteiger partial charge in [0.1, 0.15) is 5.69 Å². The molecule has 0 spiro atoms. The number of hydrogen-bond donors (Lipinski definition) is 0. The lowest BCUT2D eigenvalue weighted by molar-refractivity contribution is 0.111. The first-order valence-corrected chi connectivity index (χ1v) is 4.23. The van der Waals surface area contributed by atoms with Gasteiger partial charge in [0.15, 0.2) is 6.29 Å². The lowest BCUT2D eigenvalue weighted by atomic mass is 10.2. The third kappa shape index (κ3) is 2.17. The van der Waals surface area contributed by atoms with Crippen molar-refractivity contribution in [2.45, 2.75) is 6.43 Å². The quantitative estimate of drug-likeness (QED) is 0.477. The van der Waals surface area contributed by atoms with Crippen LogP contribution in [-0.2, 0) is 0 Å². The maximum atomic E-state index is 12.8. The normalized spacial score (nSPS) is 10.5. The molecule has 0 aliphatic heterocycles. The van der Waals surface area contributed by atoms with Crippen molar-refractivity contribution in [3.8, 4) is 0 Å². The fourth-order valence-corrected chi connectivity index (χ4v) is 1.40. The predicted molar refractivity (Wildman–Crippen MR) is 47.3 cm³/mol. The van der Waals surface area contributed by atoms with Gasteiger partial charge in [0.05, 0.1) is 5.56 Å². The van der Waals surface area contributed by atoms with Crippen molar-refractivity contribution < 1.29 is 18.0 Å². The molecule has 1 aromatic rings. The van der Waals surface area contributed by atoms with Crippen molar-refractivity contribution in [2.24, 2.45) is 0 Å². The molecule has 0 bridgehead atoms.